The summed E-state index contributed by atoms with van der Waals surface area (Å²) in [6, 6.07) is 0. The second-order valence-electron chi connectivity index (χ2n) is 5.32. The van der Waals surface area contributed by atoms with Crippen molar-refractivity contribution >= 4 is 14.5 Å². The van der Waals surface area contributed by atoms with Crippen molar-refractivity contribution in [2.75, 3.05) is 40.4 Å². The quantitative estimate of drug-likeness (QED) is 0.402. The maximum Gasteiger partial charge on any atom is 0.243 e. The van der Waals surface area contributed by atoms with Crippen molar-refractivity contribution in [2.24, 2.45) is 0 Å². The zero-order valence-electron chi connectivity index (χ0n) is 11.9. The Balaban J connectivity index is 3.81. The molecule has 0 saturated heterocycles. The fourth-order valence-electron chi connectivity index (χ4n) is 1.40. The van der Waals surface area contributed by atoms with Crippen molar-refractivity contribution in [3.8, 4) is 0 Å². The number of allylic oxidation sites excluding steroid dienone is 1. The van der Waals surface area contributed by atoms with Gasteiger partial charge in [-0.25, -0.2) is 0 Å². The molecule has 0 aromatic rings. The van der Waals surface area contributed by atoms with Gasteiger partial charge in [0.25, 0.3) is 0 Å². The Morgan fingerprint density at radius 2 is 2.06 bits per heavy atom. The third-order valence-electron chi connectivity index (χ3n) is 2.55. The predicted molar refractivity (Wildman–Crippen MR) is 78.0 cm³/mol. The van der Waals surface area contributed by atoms with Crippen LogP contribution in [0.1, 0.15) is 20.3 Å². The number of hydrogen-bond donors (Lipinski definition) is 1. The summed E-state index contributed by atoms with van der Waals surface area (Å²) in [5.74, 6) is 0.0300. The summed E-state index contributed by atoms with van der Waals surface area (Å²) in [4.78, 5) is 11.3. The molecule has 2 atom stereocenters. The van der Waals surface area contributed by atoms with Crippen molar-refractivity contribution in [3.05, 3.63) is 12.2 Å². The van der Waals surface area contributed by atoms with E-state index in [0.717, 1.165) is 26.0 Å². The molecule has 1 amide bonds. The van der Waals surface area contributed by atoms with Crippen LogP contribution in [-0.4, -0.2) is 56.4 Å². The van der Waals surface area contributed by atoms with Crippen LogP contribution < -0.4 is 5.32 Å². The minimum absolute atomic E-state index is 0.0300. The Labute approximate surface area is 108 Å². The lowest BCUT2D eigenvalue weighted by molar-refractivity contribution is -0.867. The van der Waals surface area contributed by atoms with Crippen molar-refractivity contribution in [1.82, 2.24) is 5.32 Å². The standard InChI is InChI=1S/C13H27N2OP/c1-6-8-13(16)14-11-12(7-2)17-10-9-15(3,4)5/h6,8,12,17H,7,9-11H2,1-5H3/p+1. The first kappa shape index (κ1) is 16.6. The molecule has 2 unspecified atom stereocenters. The van der Waals surface area contributed by atoms with E-state index in [9.17, 15) is 4.79 Å². The highest BCUT2D eigenvalue weighted by molar-refractivity contribution is 7.38. The molecule has 1 N–H and O–H groups in total. The molecule has 0 aliphatic carbocycles. The third kappa shape index (κ3) is 10.5. The van der Waals surface area contributed by atoms with Gasteiger partial charge in [0.05, 0.1) is 27.7 Å². The summed E-state index contributed by atoms with van der Waals surface area (Å²) in [7, 11) is 7.61. The number of quaternary nitrogens is 1. The fraction of sp³-hybridized carbons (Fsp3) is 0.769. The van der Waals surface area contributed by atoms with Gasteiger partial charge in [0.1, 0.15) is 0 Å². The molecule has 100 valence electrons. The SMILES string of the molecule is CC=CC(=O)NCC(CC)PCC[N+](C)(C)C. The van der Waals surface area contributed by atoms with Gasteiger partial charge in [0.15, 0.2) is 0 Å². The molecule has 0 heterocycles. The molecule has 0 aliphatic heterocycles. The Morgan fingerprint density at radius 1 is 1.41 bits per heavy atom. The molecule has 0 saturated carbocycles. The molecule has 0 radical (unpaired) electrons. The van der Waals surface area contributed by atoms with E-state index in [0.29, 0.717) is 5.66 Å². The monoisotopic (exact) mass is 259 g/mol. The van der Waals surface area contributed by atoms with Gasteiger partial charge in [-0.05, 0) is 25.1 Å². The van der Waals surface area contributed by atoms with E-state index >= 15 is 0 Å². The van der Waals surface area contributed by atoms with Crippen LogP contribution in [0.15, 0.2) is 12.2 Å². The Kier molecular flexibility index (Phi) is 8.45. The lowest BCUT2D eigenvalue weighted by atomic mass is 10.3. The van der Waals surface area contributed by atoms with Crippen molar-refractivity contribution in [2.45, 2.75) is 25.9 Å². The van der Waals surface area contributed by atoms with Crippen LogP contribution in [0.3, 0.4) is 0 Å². The minimum Gasteiger partial charge on any atom is -0.352 e. The molecule has 4 heteroatoms. The van der Waals surface area contributed by atoms with Crippen LogP contribution in [-0.2, 0) is 4.79 Å². The summed E-state index contributed by atoms with van der Waals surface area (Å²) in [6.07, 6.45) is 5.75. The molecule has 0 fully saturated rings. The molecule has 0 spiro atoms. The molecule has 3 nitrogen and oxygen atoms in total. The summed E-state index contributed by atoms with van der Waals surface area (Å²) in [6.45, 7) is 6.08. The first-order valence-corrected chi connectivity index (χ1v) is 7.62. The third-order valence-corrected chi connectivity index (χ3v) is 4.25. The van der Waals surface area contributed by atoms with Gasteiger partial charge in [-0.15, -0.1) is 8.58 Å². The Hall–Kier alpha value is -0.400. The second kappa shape index (κ2) is 8.66. The van der Waals surface area contributed by atoms with Gasteiger partial charge < -0.3 is 9.80 Å². The molecular weight excluding hydrogens is 231 g/mol. The van der Waals surface area contributed by atoms with E-state index in [1.807, 2.05) is 6.92 Å². The van der Waals surface area contributed by atoms with E-state index in [1.165, 1.54) is 12.7 Å². The summed E-state index contributed by atoms with van der Waals surface area (Å²) in [5.41, 5.74) is 0.635. The highest BCUT2D eigenvalue weighted by Gasteiger charge is 2.11. The van der Waals surface area contributed by atoms with Crippen LogP contribution in [0.4, 0.5) is 0 Å². The van der Waals surface area contributed by atoms with Crippen LogP contribution in [0, 0.1) is 0 Å². The van der Waals surface area contributed by atoms with Crippen LogP contribution in [0.25, 0.3) is 0 Å². The van der Waals surface area contributed by atoms with E-state index < -0.39 is 0 Å². The molecular formula is C13H28N2OP+. The topological polar surface area (TPSA) is 29.1 Å². The number of rotatable bonds is 8. The zero-order valence-corrected chi connectivity index (χ0v) is 12.9. The van der Waals surface area contributed by atoms with Crippen LogP contribution >= 0.6 is 8.58 Å². The fourth-order valence-corrected chi connectivity index (χ4v) is 3.14. The largest absolute Gasteiger partial charge is 0.352 e. The summed E-state index contributed by atoms with van der Waals surface area (Å²) < 4.78 is 1.02. The molecule has 0 aliphatic rings. The number of carbonyl (C=O) groups excluding carboxylic acids is 1. The van der Waals surface area contributed by atoms with Gasteiger partial charge in [-0.2, -0.15) is 0 Å². The molecule has 0 bridgehead atoms. The van der Waals surface area contributed by atoms with Gasteiger partial charge in [-0.3, -0.25) is 4.79 Å². The first-order valence-electron chi connectivity index (χ1n) is 6.33. The highest BCUT2D eigenvalue weighted by Crippen LogP contribution is 2.21. The van der Waals surface area contributed by atoms with Gasteiger partial charge in [0.2, 0.25) is 5.91 Å². The average molecular weight is 259 g/mol. The summed E-state index contributed by atoms with van der Waals surface area (Å²) in [5, 5.41) is 2.96. The van der Waals surface area contributed by atoms with Gasteiger partial charge >= 0.3 is 0 Å². The van der Waals surface area contributed by atoms with E-state index in [2.05, 4.69) is 33.4 Å². The van der Waals surface area contributed by atoms with Crippen molar-refractivity contribution in [3.63, 3.8) is 0 Å². The normalized spacial score (nSPS) is 14.6. The molecule has 0 aromatic carbocycles. The lowest BCUT2D eigenvalue weighted by Gasteiger charge is -2.25. The van der Waals surface area contributed by atoms with E-state index in [4.69, 9.17) is 0 Å². The number of amides is 1. The molecule has 17 heavy (non-hydrogen) atoms. The number of hydrogen-bond acceptors (Lipinski definition) is 1. The second-order valence-corrected chi connectivity index (χ2v) is 7.04. The number of nitrogens with one attached hydrogen (secondary N) is 1. The molecule has 0 rings (SSSR count). The minimum atomic E-state index is 0.0300. The number of carbonyl (C=O) groups is 1. The first-order chi connectivity index (χ1) is 7.89. The van der Waals surface area contributed by atoms with E-state index in [-0.39, 0.29) is 5.91 Å². The van der Waals surface area contributed by atoms with Crippen LogP contribution in [0.5, 0.6) is 0 Å². The van der Waals surface area contributed by atoms with Crippen molar-refractivity contribution < 1.29 is 9.28 Å². The maximum absolute atomic E-state index is 11.3. The average Bonchev–Trinajstić information content (AvgIpc) is 2.22. The predicted octanol–water partition coefficient (Wildman–Crippen LogP) is 1.84. The van der Waals surface area contributed by atoms with Gasteiger partial charge in [-0.1, -0.05) is 13.0 Å². The lowest BCUT2D eigenvalue weighted by Crippen LogP contribution is -2.37. The maximum atomic E-state index is 11.3. The van der Waals surface area contributed by atoms with Crippen molar-refractivity contribution in [1.29, 1.82) is 0 Å². The van der Waals surface area contributed by atoms with E-state index in [1.54, 1.807) is 12.2 Å². The molecule has 0 aromatic heterocycles. The van der Waals surface area contributed by atoms with Crippen LogP contribution in [0.2, 0.25) is 0 Å². The number of nitrogens with zero attached hydrogens (tertiary/aromatic N) is 1. The highest BCUT2D eigenvalue weighted by atomic mass is 31.1. The Bertz CT molecular complexity index is 246. The van der Waals surface area contributed by atoms with Gasteiger partial charge in [0, 0.05) is 12.7 Å². The Morgan fingerprint density at radius 3 is 2.53 bits per heavy atom. The summed E-state index contributed by atoms with van der Waals surface area (Å²) >= 11 is 0. The smallest absolute Gasteiger partial charge is 0.243 e. The zero-order chi connectivity index (χ0) is 13.3.